The maximum absolute atomic E-state index is 12.2. The highest BCUT2D eigenvalue weighted by molar-refractivity contribution is 5.68. The molecule has 2 rings (SSSR count). The van der Waals surface area contributed by atoms with Crippen molar-refractivity contribution >= 4 is 6.09 Å². The SMILES string of the molecule is CC1CCCN(C2(CN)CCN(C(=O)OC(C)(C)C)CC2)C1. The van der Waals surface area contributed by atoms with Crippen molar-refractivity contribution in [3.8, 4) is 0 Å². The van der Waals surface area contributed by atoms with Gasteiger partial charge in [0.2, 0.25) is 0 Å². The topological polar surface area (TPSA) is 58.8 Å². The third kappa shape index (κ3) is 4.13. The van der Waals surface area contributed by atoms with Crippen molar-refractivity contribution in [2.75, 3.05) is 32.7 Å². The van der Waals surface area contributed by atoms with E-state index in [1.54, 1.807) is 0 Å². The molecule has 0 aromatic heterocycles. The molecular formula is C17H33N3O2. The minimum Gasteiger partial charge on any atom is -0.444 e. The maximum atomic E-state index is 12.2. The van der Waals surface area contributed by atoms with Crippen molar-refractivity contribution in [1.82, 2.24) is 9.80 Å². The maximum Gasteiger partial charge on any atom is 0.410 e. The van der Waals surface area contributed by atoms with Gasteiger partial charge in [-0.15, -0.1) is 0 Å². The predicted molar refractivity (Wildman–Crippen MR) is 88.8 cm³/mol. The molecule has 2 saturated heterocycles. The lowest BCUT2D eigenvalue weighted by Gasteiger charge is -2.50. The molecular weight excluding hydrogens is 278 g/mol. The first-order valence-electron chi connectivity index (χ1n) is 8.69. The van der Waals surface area contributed by atoms with Crippen molar-refractivity contribution in [3.05, 3.63) is 0 Å². The lowest BCUT2D eigenvalue weighted by atomic mass is 9.83. The van der Waals surface area contributed by atoms with E-state index in [0.717, 1.165) is 44.9 Å². The highest BCUT2D eigenvalue weighted by Gasteiger charge is 2.41. The molecule has 22 heavy (non-hydrogen) atoms. The van der Waals surface area contributed by atoms with Crippen LogP contribution in [0.2, 0.25) is 0 Å². The number of carbonyl (C=O) groups excluding carboxylic acids is 1. The fraction of sp³-hybridized carbons (Fsp3) is 0.941. The van der Waals surface area contributed by atoms with Crippen LogP contribution >= 0.6 is 0 Å². The van der Waals surface area contributed by atoms with Crippen LogP contribution < -0.4 is 5.73 Å². The van der Waals surface area contributed by atoms with Gasteiger partial charge in [-0.05, 0) is 58.9 Å². The van der Waals surface area contributed by atoms with E-state index in [1.807, 2.05) is 25.7 Å². The summed E-state index contributed by atoms with van der Waals surface area (Å²) in [6, 6.07) is 0. The molecule has 0 aromatic rings. The van der Waals surface area contributed by atoms with Crippen LogP contribution in [0.25, 0.3) is 0 Å². The Morgan fingerprint density at radius 2 is 1.91 bits per heavy atom. The normalized spacial score (nSPS) is 26.8. The van der Waals surface area contributed by atoms with E-state index in [2.05, 4.69) is 11.8 Å². The van der Waals surface area contributed by atoms with Crippen molar-refractivity contribution in [2.24, 2.45) is 11.7 Å². The first kappa shape index (κ1) is 17.5. The number of hydrogen-bond donors (Lipinski definition) is 1. The van der Waals surface area contributed by atoms with Gasteiger partial charge >= 0.3 is 6.09 Å². The number of amides is 1. The molecule has 5 heteroatoms. The summed E-state index contributed by atoms with van der Waals surface area (Å²) in [5, 5.41) is 0. The van der Waals surface area contributed by atoms with E-state index in [-0.39, 0.29) is 11.6 Å². The van der Waals surface area contributed by atoms with Gasteiger partial charge in [-0.25, -0.2) is 4.79 Å². The molecule has 1 atom stereocenters. The smallest absolute Gasteiger partial charge is 0.410 e. The third-order valence-electron chi connectivity index (χ3n) is 5.05. The Labute approximate surface area is 135 Å². The van der Waals surface area contributed by atoms with Gasteiger partial charge in [-0.1, -0.05) is 6.92 Å². The quantitative estimate of drug-likeness (QED) is 0.851. The molecule has 2 aliphatic heterocycles. The van der Waals surface area contributed by atoms with Crippen LogP contribution in [0.3, 0.4) is 0 Å². The summed E-state index contributed by atoms with van der Waals surface area (Å²) in [5.74, 6) is 0.751. The van der Waals surface area contributed by atoms with Crippen molar-refractivity contribution in [1.29, 1.82) is 0 Å². The van der Waals surface area contributed by atoms with E-state index in [0.29, 0.717) is 6.54 Å². The van der Waals surface area contributed by atoms with Gasteiger partial charge < -0.3 is 15.4 Å². The van der Waals surface area contributed by atoms with E-state index in [1.165, 1.54) is 12.8 Å². The second-order valence-electron chi connectivity index (χ2n) is 8.09. The van der Waals surface area contributed by atoms with Gasteiger partial charge in [0, 0.05) is 31.7 Å². The van der Waals surface area contributed by atoms with Crippen LogP contribution in [0.5, 0.6) is 0 Å². The number of likely N-dealkylation sites (tertiary alicyclic amines) is 2. The minimum absolute atomic E-state index is 0.0766. The molecule has 1 unspecified atom stereocenters. The minimum atomic E-state index is -0.429. The molecule has 0 radical (unpaired) electrons. The summed E-state index contributed by atoms with van der Waals surface area (Å²) in [4.78, 5) is 16.6. The molecule has 2 aliphatic rings. The van der Waals surface area contributed by atoms with Crippen molar-refractivity contribution in [3.63, 3.8) is 0 Å². The fourth-order valence-corrected chi connectivity index (χ4v) is 3.70. The summed E-state index contributed by atoms with van der Waals surface area (Å²) in [7, 11) is 0. The first-order chi connectivity index (χ1) is 10.3. The molecule has 2 N–H and O–H groups in total. The van der Waals surface area contributed by atoms with Gasteiger partial charge in [0.1, 0.15) is 5.60 Å². The second kappa shape index (κ2) is 6.75. The van der Waals surface area contributed by atoms with E-state index in [4.69, 9.17) is 10.5 Å². The molecule has 0 bridgehead atoms. The zero-order valence-electron chi connectivity index (χ0n) is 14.7. The number of rotatable bonds is 2. The molecule has 0 aromatic carbocycles. The van der Waals surface area contributed by atoms with Gasteiger partial charge in [-0.2, -0.15) is 0 Å². The third-order valence-corrected chi connectivity index (χ3v) is 5.05. The zero-order chi connectivity index (χ0) is 16.4. The summed E-state index contributed by atoms with van der Waals surface area (Å²) in [5.41, 5.74) is 5.81. The Bertz CT molecular complexity index is 384. The molecule has 0 aliphatic carbocycles. The Morgan fingerprint density at radius 3 is 2.41 bits per heavy atom. The van der Waals surface area contributed by atoms with Gasteiger partial charge in [0.05, 0.1) is 0 Å². The number of nitrogens with zero attached hydrogens (tertiary/aromatic N) is 2. The number of carbonyl (C=O) groups is 1. The summed E-state index contributed by atoms with van der Waals surface area (Å²) >= 11 is 0. The Hall–Kier alpha value is -0.810. The highest BCUT2D eigenvalue weighted by Crippen LogP contribution is 2.32. The lowest BCUT2D eigenvalue weighted by molar-refractivity contribution is -0.0158. The standard InChI is InChI=1S/C17H33N3O2/c1-14-6-5-9-20(12-14)17(13-18)7-10-19(11-8-17)15(21)22-16(2,3)4/h14H,5-13,18H2,1-4H3. The first-order valence-corrected chi connectivity index (χ1v) is 8.69. The number of piperidine rings is 2. The average molecular weight is 311 g/mol. The van der Waals surface area contributed by atoms with E-state index < -0.39 is 5.60 Å². The monoisotopic (exact) mass is 311 g/mol. The Kier molecular flexibility index (Phi) is 5.38. The van der Waals surface area contributed by atoms with E-state index in [9.17, 15) is 4.79 Å². The molecule has 128 valence electrons. The van der Waals surface area contributed by atoms with Crippen LogP contribution in [-0.2, 0) is 4.74 Å². The Balaban J connectivity index is 1.95. The molecule has 1 amide bonds. The zero-order valence-corrected chi connectivity index (χ0v) is 14.7. The van der Waals surface area contributed by atoms with Gasteiger partial charge in [-0.3, -0.25) is 4.90 Å². The van der Waals surface area contributed by atoms with Crippen LogP contribution in [0.1, 0.15) is 53.4 Å². The summed E-state index contributed by atoms with van der Waals surface area (Å²) in [6.45, 7) is 12.5. The summed E-state index contributed by atoms with van der Waals surface area (Å²) < 4.78 is 5.48. The van der Waals surface area contributed by atoms with Crippen LogP contribution in [0, 0.1) is 5.92 Å². The van der Waals surface area contributed by atoms with Crippen LogP contribution in [-0.4, -0.2) is 59.8 Å². The molecule has 0 saturated carbocycles. The Morgan fingerprint density at radius 1 is 1.27 bits per heavy atom. The van der Waals surface area contributed by atoms with Crippen molar-refractivity contribution < 1.29 is 9.53 Å². The lowest BCUT2D eigenvalue weighted by Crippen LogP contribution is -2.62. The molecule has 0 spiro atoms. The van der Waals surface area contributed by atoms with Crippen LogP contribution in [0.4, 0.5) is 4.79 Å². The largest absolute Gasteiger partial charge is 0.444 e. The number of nitrogens with two attached hydrogens (primary N) is 1. The fourth-order valence-electron chi connectivity index (χ4n) is 3.70. The van der Waals surface area contributed by atoms with Crippen molar-refractivity contribution in [2.45, 2.75) is 64.5 Å². The average Bonchev–Trinajstić information content (AvgIpc) is 2.45. The molecule has 5 nitrogen and oxygen atoms in total. The number of ether oxygens (including phenoxy) is 1. The van der Waals surface area contributed by atoms with Gasteiger partial charge in [0.15, 0.2) is 0 Å². The second-order valence-corrected chi connectivity index (χ2v) is 8.09. The predicted octanol–water partition coefficient (Wildman–Crippen LogP) is 2.45. The highest BCUT2D eigenvalue weighted by atomic mass is 16.6. The molecule has 2 fully saturated rings. The molecule has 2 heterocycles. The van der Waals surface area contributed by atoms with E-state index >= 15 is 0 Å². The van der Waals surface area contributed by atoms with Gasteiger partial charge in [0.25, 0.3) is 0 Å². The number of hydrogen-bond acceptors (Lipinski definition) is 4. The van der Waals surface area contributed by atoms with Crippen LogP contribution in [0.15, 0.2) is 0 Å². The summed E-state index contributed by atoms with van der Waals surface area (Å²) in [6.07, 6.45) is 4.30.